The second-order valence-electron chi connectivity index (χ2n) is 5.50. The Hall–Kier alpha value is -1.10. The lowest BCUT2D eigenvalue weighted by atomic mass is 10.2. The molecule has 2 rings (SSSR count). The number of hydrogen-bond donors (Lipinski definition) is 0. The number of thiophene rings is 1. The van der Waals surface area contributed by atoms with Gasteiger partial charge in [0.25, 0.3) is 0 Å². The van der Waals surface area contributed by atoms with Gasteiger partial charge in [0.05, 0.1) is 6.54 Å². The lowest BCUT2D eigenvalue weighted by Crippen LogP contribution is -2.36. The maximum absolute atomic E-state index is 13.2. The fourth-order valence-electron chi connectivity index (χ4n) is 1.97. The van der Waals surface area contributed by atoms with Crippen molar-refractivity contribution in [1.29, 1.82) is 0 Å². The van der Waals surface area contributed by atoms with Crippen LogP contribution in [0.25, 0.3) is 0 Å². The lowest BCUT2D eigenvalue weighted by Gasteiger charge is -2.26. The van der Waals surface area contributed by atoms with E-state index in [0.29, 0.717) is 13.1 Å². The summed E-state index contributed by atoms with van der Waals surface area (Å²) in [7, 11) is 0. The van der Waals surface area contributed by atoms with Gasteiger partial charge in [-0.1, -0.05) is 0 Å². The van der Waals surface area contributed by atoms with E-state index in [1.807, 2.05) is 20.8 Å². The van der Waals surface area contributed by atoms with Gasteiger partial charge >= 0.3 is 6.09 Å². The molecule has 1 aromatic heterocycles. The van der Waals surface area contributed by atoms with Gasteiger partial charge in [-0.2, -0.15) is 4.39 Å². The van der Waals surface area contributed by atoms with E-state index in [9.17, 15) is 9.18 Å². The summed E-state index contributed by atoms with van der Waals surface area (Å²) in [5.74, 6) is 0. The highest BCUT2D eigenvalue weighted by atomic mass is 32.1. The van der Waals surface area contributed by atoms with Gasteiger partial charge in [0.1, 0.15) is 5.60 Å². The molecule has 1 aromatic rings. The molecule has 1 amide bonds. The summed E-state index contributed by atoms with van der Waals surface area (Å²) in [5, 5.41) is -0.175. The second-order valence-corrected chi connectivity index (χ2v) is 6.59. The van der Waals surface area contributed by atoms with E-state index >= 15 is 0 Å². The number of nitrogens with zero attached hydrogens (tertiary/aromatic N) is 1. The van der Waals surface area contributed by atoms with Gasteiger partial charge in [0, 0.05) is 11.4 Å². The zero-order chi connectivity index (χ0) is 13.3. The Morgan fingerprint density at radius 3 is 2.89 bits per heavy atom. The van der Waals surface area contributed by atoms with Crippen LogP contribution < -0.4 is 0 Å². The van der Waals surface area contributed by atoms with E-state index in [4.69, 9.17) is 4.74 Å². The third-order valence-electron chi connectivity index (χ3n) is 2.71. The summed E-state index contributed by atoms with van der Waals surface area (Å²) in [6.07, 6.45) is 1.37. The monoisotopic (exact) mass is 271 g/mol. The van der Waals surface area contributed by atoms with E-state index in [1.165, 1.54) is 17.4 Å². The van der Waals surface area contributed by atoms with Crippen LogP contribution in [0.3, 0.4) is 0 Å². The molecule has 0 spiro atoms. The molecule has 0 saturated carbocycles. The van der Waals surface area contributed by atoms with Gasteiger partial charge in [-0.05, 0) is 45.2 Å². The molecule has 5 heteroatoms. The Kier molecular flexibility index (Phi) is 3.61. The molecule has 0 bridgehead atoms. The Labute approximate surface area is 111 Å². The molecule has 100 valence electrons. The fourth-order valence-corrected chi connectivity index (χ4v) is 2.91. The van der Waals surface area contributed by atoms with Crippen LogP contribution in [-0.4, -0.2) is 23.1 Å². The molecule has 0 aliphatic carbocycles. The SMILES string of the molecule is CC(C)(C)OC(=O)N1CCCc2sc(F)cc2C1. The number of ether oxygens (including phenoxy) is 1. The largest absolute Gasteiger partial charge is 0.444 e. The van der Waals surface area contributed by atoms with E-state index < -0.39 is 5.60 Å². The van der Waals surface area contributed by atoms with Crippen LogP contribution in [0.1, 0.15) is 37.6 Å². The first-order valence-corrected chi connectivity index (χ1v) is 6.92. The summed E-state index contributed by atoms with van der Waals surface area (Å²) >= 11 is 1.18. The average Bonchev–Trinajstić information content (AvgIpc) is 2.43. The molecular weight excluding hydrogens is 253 g/mol. The maximum atomic E-state index is 13.2. The van der Waals surface area contributed by atoms with Crippen molar-refractivity contribution in [1.82, 2.24) is 4.90 Å². The van der Waals surface area contributed by atoms with E-state index in [2.05, 4.69) is 0 Å². The minimum Gasteiger partial charge on any atom is -0.444 e. The summed E-state index contributed by atoms with van der Waals surface area (Å²) < 4.78 is 18.6. The highest BCUT2D eigenvalue weighted by Crippen LogP contribution is 2.27. The fraction of sp³-hybridized carbons (Fsp3) is 0.615. The van der Waals surface area contributed by atoms with Crippen molar-refractivity contribution in [3.8, 4) is 0 Å². The number of fused-ring (bicyclic) bond motifs is 1. The van der Waals surface area contributed by atoms with Crippen molar-refractivity contribution in [2.24, 2.45) is 0 Å². The van der Waals surface area contributed by atoms with E-state index in [-0.39, 0.29) is 11.2 Å². The van der Waals surface area contributed by atoms with Crippen LogP contribution in [0.4, 0.5) is 9.18 Å². The quantitative estimate of drug-likeness (QED) is 0.722. The molecule has 0 atom stereocenters. The third kappa shape index (κ3) is 3.22. The van der Waals surface area contributed by atoms with Crippen LogP contribution in [0, 0.1) is 5.13 Å². The number of amides is 1. The number of halogens is 1. The van der Waals surface area contributed by atoms with Crippen molar-refractivity contribution in [2.75, 3.05) is 6.54 Å². The van der Waals surface area contributed by atoms with Gasteiger partial charge in [0.2, 0.25) is 0 Å². The molecule has 3 nitrogen and oxygen atoms in total. The van der Waals surface area contributed by atoms with Crippen molar-refractivity contribution < 1.29 is 13.9 Å². The first kappa shape index (κ1) is 13.3. The van der Waals surface area contributed by atoms with E-state index in [0.717, 1.165) is 23.3 Å². The van der Waals surface area contributed by atoms with Crippen molar-refractivity contribution in [3.05, 3.63) is 21.6 Å². The standard InChI is InChI=1S/C13H18FNO2S/c1-13(2,3)17-12(16)15-6-4-5-10-9(8-15)7-11(14)18-10/h7H,4-6,8H2,1-3H3. The molecule has 0 unspecified atom stereocenters. The second kappa shape index (κ2) is 4.88. The molecule has 1 aliphatic rings. The molecule has 0 fully saturated rings. The highest BCUT2D eigenvalue weighted by molar-refractivity contribution is 7.10. The highest BCUT2D eigenvalue weighted by Gasteiger charge is 2.25. The Bertz CT molecular complexity index is 450. The first-order valence-electron chi connectivity index (χ1n) is 6.10. The van der Waals surface area contributed by atoms with Gasteiger partial charge < -0.3 is 9.64 Å². The first-order chi connectivity index (χ1) is 8.35. The van der Waals surface area contributed by atoms with Gasteiger partial charge in [-0.15, -0.1) is 11.3 Å². The Morgan fingerprint density at radius 2 is 2.22 bits per heavy atom. The summed E-state index contributed by atoms with van der Waals surface area (Å²) in [4.78, 5) is 14.7. The topological polar surface area (TPSA) is 29.5 Å². The zero-order valence-corrected chi connectivity index (χ0v) is 11.8. The summed E-state index contributed by atoms with van der Waals surface area (Å²) in [6, 6.07) is 1.53. The molecule has 0 N–H and O–H groups in total. The van der Waals surface area contributed by atoms with Crippen LogP contribution in [0.5, 0.6) is 0 Å². The third-order valence-corrected chi connectivity index (χ3v) is 3.74. The van der Waals surface area contributed by atoms with Gasteiger partial charge in [-0.25, -0.2) is 4.79 Å². The van der Waals surface area contributed by atoms with Crippen LogP contribution >= 0.6 is 11.3 Å². The number of carbonyl (C=O) groups is 1. The molecule has 0 radical (unpaired) electrons. The predicted octanol–water partition coefficient (Wildman–Crippen LogP) is 3.57. The zero-order valence-electron chi connectivity index (χ0n) is 11.0. The predicted molar refractivity (Wildman–Crippen MR) is 69.2 cm³/mol. The molecule has 18 heavy (non-hydrogen) atoms. The van der Waals surface area contributed by atoms with Crippen molar-refractivity contribution in [3.63, 3.8) is 0 Å². The normalized spacial score (nSPS) is 16.1. The molecule has 0 saturated heterocycles. The van der Waals surface area contributed by atoms with Crippen LogP contribution in [0.2, 0.25) is 0 Å². The van der Waals surface area contributed by atoms with Gasteiger partial charge in [0.15, 0.2) is 5.13 Å². The molecular formula is C13H18FNO2S. The number of carbonyl (C=O) groups excluding carboxylic acids is 1. The lowest BCUT2D eigenvalue weighted by molar-refractivity contribution is 0.0236. The number of hydrogen-bond acceptors (Lipinski definition) is 3. The summed E-state index contributed by atoms with van der Waals surface area (Å²) in [6.45, 7) is 6.65. The smallest absolute Gasteiger partial charge is 0.410 e. The maximum Gasteiger partial charge on any atom is 0.410 e. The van der Waals surface area contributed by atoms with E-state index in [1.54, 1.807) is 4.90 Å². The molecule has 0 aromatic carbocycles. The van der Waals surface area contributed by atoms with Gasteiger partial charge in [-0.3, -0.25) is 0 Å². The minimum atomic E-state index is -0.494. The average molecular weight is 271 g/mol. The van der Waals surface area contributed by atoms with Crippen molar-refractivity contribution >= 4 is 17.4 Å². The Balaban J connectivity index is 2.09. The summed E-state index contributed by atoms with van der Waals surface area (Å²) in [5.41, 5.74) is 0.424. The molecule has 1 aliphatic heterocycles. The number of aryl methyl sites for hydroxylation is 1. The van der Waals surface area contributed by atoms with Crippen LogP contribution in [0.15, 0.2) is 6.07 Å². The minimum absolute atomic E-state index is 0.175. The number of rotatable bonds is 0. The molecule has 2 heterocycles. The van der Waals surface area contributed by atoms with Crippen LogP contribution in [-0.2, 0) is 17.7 Å². The van der Waals surface area contributed by atoms with Crippen molar-refractivity contribution in [2.45, 2.75) is 45.8 Å². The Morgan fingerprint density at radius 1 is 1.50 bits per heavy atom.